The smallest absolute Gasteiger partial charge is 0.269 e. The second-order valence-corrected chi connectivity index (χ2v) is 7.46. The van der Waals surface area contributed by atoms with Crippen molar-refractivity contribution < 1.29 is 22.8 Å². The first-order valence-corrected chi connectivity index (χ1v) is 10.1. The Bertz CT molecular complexity index is 898. The summed E-state index contributed by atoms with van der Waals surface area (Å²) in [6, 6.07) is 10.8. The zero-order chi connectivity index (χ0) is 19.9. The van der Waals surface area contributed by atoms with Crippen LogP contribution in [0.3, 0.4) is 0 Å². The Balaban J connectivity index is 2.07. The van der Waals surface area contributed by atoms with E-state index in [1.807, 2.05) is 13.8 Å². The molecule has 0 radical (unpaired) electrons. The molecule has 2 rings (SSSR count). The normalized spacial score (nSPS) is 11.2. The molecule has 9 heteroatoms. The first-order chi connectivity index (χ1) is 12.8. The SMILES string of the molecule is CCOc1ccc(CNS(=O)(=O)Cc2cccc([N+](=O)[O-])c2)cc1OCC. The molecule has 0 fully saturated rings. The van der Waals surface area contributed by atoms with E-state index in [2.05, 4.69) is 4.72 Å². The molecule has 27 heavy (non-hydrogen) atoms. The molecule has 0 aromatic heterocycles. The number of benzene rings is 2. The number of hydrogen-bond donors (Lipinski definition) is 1. The standard InChI is InChI=1S/C18H22N2O6S/c1-3-25-17-9-8-14(11-18(17)26-4-2)12-19-27(23,24)13-15-6-5-7-16(10-15)20(21)22/h5-11,19H,3-4,12-13H2,1-2H3. The van der Waals surface area contributed by atoms with Crippen LogP contribution in [0, 0.1) is 10.1 Å². The molecule has 0 saturated heterocycles. The Morgan fingerprint density at radius 2 is 1.70 bits per heavy atom. The number of non-ortho nitro benzene ring substituents is 1. The third-order valence-corrected chi connectivity index (χ3v) is 4.88. The van der Waals surface area contributed by atoms with Crippen LogP contribution < -0.4 is 14.2 Å². The molecule has 2 aromatic rings. The number of rotatable bonds is 10. The molecular formula is C18H22N2O6S. The molecule has 0 heterocycles. The van der Waals surface area contributed by atoms with Crippen molar-refractivity contribution in [3.05, 3.63) is 63.7 Å². The van der Waals surface area contributed by atoms with Crippen molar-refractivity contribution >= 4 is 15.7 Å². The van der Waals surface area contributed by atoms with Gasteiger partial charge in [0.25, 0.3) is 5.69 Å². The maximum atomic E-state index is 12.3. The fourth-order valence-corrected chi connectivity index (χ4v) is 3.54. The number of sulfonamides is 1. The van der Waals surface area contributed by atoms with Gasteiger partial charge in [0.15, 0.2) is 11.5 Å². The largest absolute Gasteiger partial charge is 0.490 e. The third kappa shape index (κ3) is 6.22. The van der Waals surface area contributed by atoms with Gasteiger partial charge < -0.3 is 9.47 Å². The average Bonchev–Trinajstić information content (AvgIpc) is 2.62. The Kier molecular flexibility index (Phi) is 7.14. The summed E-state index contributed by atoms with van der Waals surface area (Å²) in [5.74, 6) is 0.807. The number of hydrogen-bond acceptors (Lipinski definition) is 6. The van der Waals surface area contributed by atoms with Crippen LogP contribution in [-0.4, -0.2) is 26.6 Å². The molecule has 0 atom stereocenters. The predicted molar refractivity (Wildman–Crippen MR) is 101 cm³/mol. The fourth-order valence-electron chi connectivity index (χ4n) is 2.43. The molecule has 0 amide bonds. The van der Waals surface area contributed by atoms with Crippen molar-refractivity contribution in [2.45, 2.75) is 26.1 Å². The van der Waals surface area contributed by atoms with Gasteiger partial charge in [-0.2, -0.15) is 0 Å². The molecule has 0 unspecified atom stereocenters. The number of nitro benzene ring substituents is 1. The van der Waals surface area contributed by atoms with E-state index in [1.165, 1.54) is 24.3 Å². The lowest BCUT2D eigenvalue weighted by Gasteiger charge is -2.13. The van der Waals surface area contributed by atoms with Crippen LogP contribution >= 0.6 is 0 Å². The summed E-state index contributed by atoms with van der Waals surface area (Å²) in [5.41, 5.74) is 0.915. The van der Waals surface area contributed by atoms with E-state index < -0.39 is 14.9 Å². The Labute approximate surface area is 158 Å². The molecule has 146 valence electrons. The minimum absolute atomic E-state index is 0.0732. The monoisotopic (exact) mass is 394 g/mol. The van der Waals surface area contributed by atoms with Crippen LogP contribution in [-0.2, 0) is 22.3 Å². The predicted octanol–water partition coefficient (Wildman–Crippen LogP) is 3.01. The minimum Gasteiger partial charge on any atom is -0.490 e. The quantitative estimate of drug-likeness (QED) is 0.490. The second-order valence-electron chi connectivity index (χ2n) is 5.65. The van der Waals surface area contributed by atoms with Gasteiger partial charge >= 0.3 is 0 Å². The van der Waals surface area contributed by atoms with Crippen molar-refractivity contribution in [2.24, 2.45) is 0 Å². The van der Waals surface area contributed by atoms with Crippen LogP contribution in [0.25, 0.3) is 0 Å². The topological polar surface area (TPSA) is 108 Å². The number of ether oxygens (including phenoxy) is 2. The van der Waals surface area contributed by atoms with Gasteiger partial charge in [-0.1, -0.05) is 18.2 Å². The summed E-state index contributed by atoms with van der Waals surface area (Å²) in [4.78, 5) is 10.3. The average molecular weight is 394 g/mol. The minimum atomic E-state index is -3.67. The Morgan fingerprint density at radius 1 is 1.00 bits per heavy atom. The van der Waals surface area contributed by atoms with E-state index in [-0.39, 0.29) is 18.0 Å². The summed E-state index contributed by atoms with van der Waals surface area (Å²) in [6.45, 7) is 4.75. The lowest BCUT2D eigenvalue weighted by Crippen LogP contribution is -2.24. The highest BCUT2D eigenvalue weighted by Crippen LogP contribution is 2.28. The summed E-state index contributed by atoms with van der Waals surface area (Å²) >= 11 is 0. The Hall–Kier alpha value is -2.65. The van der Waals surface area contributed by atoms with Gasteiger partial charge in [0.1, 0.15) is 0 Å². The lowest BCUT2D eigenvalue weighted by molar-refractivity contribution is -0.384. The summed E-state index contributed by atoms with van der Waals surface area (Å²) in [6.07, 6.45) is 0. The van der Waals surface area contributed by atoms with Crippen molar-refractivity contribution in [1.82, 2.24) is 4.72 Å². The number of nitrogens with zero attached hydrogens (tertiary/aromatic N) is 1. The number of nitro groups is 1. The van der Waals surface area contributed by atoms with E-state index in [0.717, 1.165) is 0 Å². The van der Waals surface area contributed by atoms with Gasteiger partial charge in [0.05, 0.1) is 23.9 Å². The Morgan fingerprint density at radius 3 is 2.37 bits per heavy atom. The highest BCUT2D eigenvalue weighted by Gasteiger charge is 2.15. The van der Waals surface area contributed by atoms with Crippen molar-refractivity contribution in [1.29, 1.82) is 0 Å². The molecule has 2 aromatic carbocycles. The molecule has 8 nitrogen and oxygen atoms in total. The highest BCUT2D eigenvalue weighted by molar-refractivity contribution is 7.88. The zero-order valence-electron chi connectivity index (χ0n) is 15.2. The molecule has 0 saturated carbocycles. The van der Waals surface area contributed by atoms with E-state index in [1.54, 1.807) is 18.2 Å². The molecular weight excluding hydrogens is 372 g/mol. The molecule has 0 aliphatic carbocycles. The zero-order valence-corrected chi connectivity index (χ0v) is 16.0. The highest BCUT2D eigenvalue weighted by atomic mass is 32.2. The van der Waals surface area contributed by atoms with Crippen molar-refractivity contribution in [3.63, 3.8) is 0 Å². The van der Waals surface area contributed by atoms with Crippen molar-refractivity contribution in [3.8, 4) is 11.5 Å². The molecule has 0 bridgehead atoms. The lowest BCUT2D eigenvalue weighted by atomic mass is 10.2. The molecule has 0 spiro atoms. The maximum Gasteiger partial charge on any atom is 0.269 e. The summed E-state index contributed by atoms with van der Waals surface area (Å²) in [5, 5.41) is 10.8. The van der Waals surface area contributed by atoms with E-state index in [0.29, 0.717) is 35.8 Å². The maximum absolute atomic E-state index is 12.3. The summed E-state index contributed by atoms with van der Waals surface area (Å²) < 4.78 is 38.1. The number of nitrogens with one attached hydrogen (secondary N) is 1. The van der Waals surface area contributed by atoms with Gasteiger partial charge in [-0.25, -0.2) is 13.1 Å². The van der Waals surface area contributed by atoms with E-state index in [9.17, 15) is 18.5 Å². The van der Waals surface area contributed by atoms with Crippen LogP contribution in [0.1, 0.15) is 25.0 Å². The van der Waals surface area contributed by atoms with Crippen LogP contribution in [0.2, 0.25) is 0 Å². The van der Waals surface area contributed by atoms with Gasteiger partial charge in [-0.3, -0.25) is 10.1 Å². The van der Waals surface area contributed by atoms with Crippen LogP contribution in [0.5, 0.6) is 11.5 Å². The second kappa shape index (κ2) is 9.33. The van der Waals surface area contributed by atoms with Gasteiger partial charge in [-0.05, 0) is 37.1 Å². The van der Waals surface area contributed by atoms with Crippen LogP contribution in [0.4, 0.5) is 5.69 Å². The molecule has 1 N–H and O–H groups in total. The fraction of sp³-hybridized carbons (Fsp3) is 0.333. The van der Waals surface area contributed by atoms with E-state index in [4.69, 9.17) is 9.47 Å². The van der Waals surface area contributed by atoms with E-state index >= 15 is 0 Å². The van der Waals surface area contributed by atoms with Gasteiger partial charge in [0, 0.05) is 18.7 Å². The molecule has 0 aliphatic heterocycles. The van der Waals surface area contributed by atoms with Crippen LogP contribution in [0.15, 0.2) is 42.5 Å². The van der Waals surface area contributed by atoms with Crippen molar-refractivity contribution in [2.75, 3.05) is 13.2 Å². The van der Waals surface area contributed by atoms with Gasteiger partial charge in [0.2, 0.25) is 10.0 Å². The molecule has 0 aliphatic rings. The summed E-state index contributed by atoms with van der Waals surface area (Å²) in [7, 11) is -3.67. The first kappa shape index (κ1) is 20.7. The first-order valence-electron chi connectivity index (χ1n) is 8.43. The van der Waals surface area contributed by atoms with Gasteiger partial charge in [-0.15, -0.1) is 0 Å². The third-order valence-electron chi connectivity index (χ3n) is 3.58.